The van der Waals surface area contributed by atoms with Crippen molar-refractivity contribution < 1.29 is 5.11 Å². The van der Waals surface area contributed by atoms with Crippen molar-refractivity contribution in [3.8, 4) is 0 Å². The minimum atomic E-state index is -0.316. The SMILES string of the molecule is CC(O)CC(CN)c1cncn1C. The summed E-state index contributed by atoms with van der Waals surface area (Å²) in [6.07, 6.45) is 3.93. The van der Waals surface area contributed by atoms with Crippen LogP contribution < -0.4 is 5.73 Å². The van der Waals surface area contributed by atoms with E-state index in [1.807, 2.05) is 11.6 Å². The van der Waals surface area contributed by atoms with Crippen molar-refractivity contribution in [1.29, 1.82) is 0 Å². The van der Waals surface area contributed by atoms with Crippen LogP contribution in [0.1, 0.15) is 25.0 Å². The van der Waals surface area contributed by atoms with Gasteiger partial charge in [-0.15, -0.1) is 0 Å². The molecule has 0 fully saturated rings. The number of aliphatic hydroxyl groups excluding tert-OH is 1. The molecule has 0 aliphatic rings. The third-order valence-electron chi connectivity index (χ3n) is 2.18. The van der Waals surface area contributed by atoms with E-state index in [0.29, 0.717) is 13.0 Å². The third-order valence-corrected chi connectivity index (χ3v) is 2.18. The number of aliphatic hydroxyl groups is 1. The van der Waals surface area contributed by atoms with Gasteiger partial charge in [0, 0.05) is 31.4 Å². The Morgan fingerprint density at radius 3 is 2.77 bits per heavy atom. The van der Waals surface area contributed by atoms with Crippen LogP contribution in [0.5, 0.6) is 0 Å². The zero-order chi connectivity index (χ0) is 9.84. The average molecular weight is 183 g/mol. The maximum atomic E-state index is 9.26. The highest BCUT2D eigenvalue weighted by Gasteiger charge is 2.15. The van der Waals surface area contributed by atoms with E-state index >= 15 is 0 Å². The number of imidazole rings is 1. The fourth-order valence-corrected chi connectivity index (χ4v) is 1.51. The summed E-state index contributed by atoms with van der Waals surface area (Å²) in [4.78, 5) is 4.02. The molecule has 1 heterocycles. The molecule has 0 aliphatic heterocycles. The Bertz CT molecular complexity index is 257. The van der Waals surface area contributed by atoms with Crippen LogP contribution in [0, 0.1) is 0 Å². The van der Waals surface area contributed by atoms with Crippen LogP contribution in [0.4, 0.5) is 0 Å². The largest absolute Gasteiger partial charge is 0.393 e. The van der Waals surface area contributed by atoms with Crippen LogP contribution in [-0.4, -0.2) is 27.3 Å². The van der Waals surface area contributed by atoms with Gasteiger partial charge in [-0.1, -0.05) is 0 Å². The van der Waals surface area contributed by atoms with Gasteiger partial charge in [0.05, 0.1) is 12.4 Å². The molecule has 4 heteroatoms. The number of nitrogens with two attached hydrogens (primary N) is 1. The fourth-order valence-electron chi connectivity index (χ4n) is 1.51. The van der Waals surface area contributed by atoms with Gasteiger partial charge in [-0.25, -0.2) is 4.98 Å². The first-order chi connectivity index (χ1) is 6.15. The van der Waals surface area contributed by atoms with Crippen molar-refractivity contribution >= 4 is 0 Å². The van der Waals surface area contributed by atoms with E-state index in [4.69, 9.17) is 5.73 Å². The lowest BCUT2D eigenvalue weighted by atomic mass is 9.99. The molecule has 13 heavy (non-hydrogen) atoms. The maximum absolute atomic E-state index is 9.26. The van der Waals surface area contributed by atoms with E-state index in [0.717, 1.165) is 5.69 Å². The van der Waals surface area contributed by atoms with Gasteiger partial charge < -0.3 is 15.4 Å². The first-order valence-electron chi connectivity index (χ1n) is 4.49. The molecule has 0 saturated carbocycles. The number of nitrogens with zero attached hydrogens (tertiary/aromatic N) is 2. The molecule has 1 rings (SSSR count). The maximum Gasteiger partial charge on any atom is 0.0945 e. The molecule has 0 aromatic carbocycles. The van der Waals surface area contributed by atoms with Crippen molar-refractivity contribution in [2.45, 2.75) is 25.4 Å². The van der Waals surface area contributed by atoms with E-state index in [-0.39, 0.29) is 12.0 Å². The predicted molar refractivity (Wildman–Crippen MR) is 51.3 cm³/mol. The lowest BCUT2D eigenvalue weighted by molar-refractivity contribution is 0.174. The van der Waals surface area contributed by atoms with Crippen molar-refractivity contribution in [2.75, 3.05) is 6.54 Å². The average Bonchev–Trinajstić information content (AvgIpc) is 2.47. The molecule has 2 atom stereocenters. The Morgan fingerprint density at radius 1 is 1.69 bits per heavy atom. The molecule has 4 nitrogen and oxygen atoms in total. The monoisotopic (exact) mass is 183 g/mol. The predicted octanol–water partition coefficient (Wildman–Crippen LogP) is 0.233. The van der Waals surface area contributed by atoms with Crippen LogP contribution >= 0.6 is 0 Å². The van der Waals surface area contributed by atoms with E-state index in [9.17, 15) is 5.11 Å². The second kappa shape index (κ2) is 4.39. The van der Waals surface area contributed by atoms with Gasteiger partial charge in [-0.3, -0.25) is 0 Å². The molecule has 2 unspecified atom stereocenters. The summed E-state index contributed by atoms with van der Waals surface area (Å²) in [5, 5.41) is 9.26. The first kappa shape index (κ1) is 10.2. The van der Waals surface area contributed by atoms with Gasteiger partial charge in [0.25, 0.3) is 0 Å². The summed E-state index contributed by atoms with van der Waals surface area (Å²) in [7, 11) is 1.94. The fraction of sp³-hybridized carbons (Fsp3) is 0.667. The summed E-state index contributed by atoms with van der Waals surface area (Å²) < 4.78 is 1.94. The lowest BCUT2D eigenvalue weighted by Crippen LogP contribution is -2.19. The summed E-state index contributed by atoms with van der Waals surface area (Å²) in [5.41, 5.74) is 6.72. The Kier molecular flexibility index (Phi) is 3.45. The normalized spacial score (nSPS) is 15.7. The van der Waals surface area contributed by atoms with Gasteiger partial charge in [-0.05, 0) is 13.3 Å². The van der Waals surface area contributed by atoms with E-state index < -0.39 is 0 Å². The Balaban J connectivity index is 2.72. The Morgan fingerprint density at radius 2 is 2.38 bits per heavy atom. The highest BCUT2D eigenvalue weighted by molar-refractivity contribution is 5.06. The minimum Gasteiger partial charge on any atom is -0.393 e. The second-order valence-electron chi connectivity index (χ2n) is 3.45. The topological polar surface area (TPSA) is 64.1 Å². The molecular weight excluding hydrogens is 166 g/mol. The highest BCUT2D eigenvalue weighted by Crippen LogP contribution is 2.18. The number of aryl methyl sites for hydroxylation is 1. The second-order valence-corrected chi connectivity index (χ2v) is 3.45. The molecule has 0 saturated heterocycles. The standard InChI is InChI=1S/C9H17N3O/c1-7(13)3-8(4-10)9-5-11-6-12(9)2/h5-8,13H,3-4,10H2,1-2H3. The molecule has 0 amide bonds. The number of aromatic nitrogens is 2. The van der Waals surface area contributed by atoms with Crippen LogP contribution in [-0.2, 0) is 7.05 Å². The molecule has 74 valence electrons. The molecule has 0 radical (unpaired) electrons. The quantitative estimate of drug-likeness (QED) is 0.702. The van der Waals surface area contributed by atoms with Crippen LogP contribution in [0.2, 0.25) is 0 Å². The molecule has 0 spiro atoms. The summed E-state index contributed by atoms with van der Waals surface area (Å²) in [6, 6.07) is 0. The van der Waals surface area contributed by atoms with Crippen LogP contribution in [0.25, 0.3) is 0 Å². The van der Waals surface area contributed by atoms with Crippen molar-refractivity contribution in [3.63, 3.8) is 0 Å². The van der Waals surface area contributed by atoms with Crippen molar-refractivity contribution in [1.82, 2.24) is 9.55 Å². The molecule has 1 aromatic rings. The van der Waals surface area contributed by atoms with Gasteiger partial charge in [0.1, 0.15) is 0 Å². The van der Waals surface area contributed by atoms with Gasteiger partial charge in [-0.2, -0.15) is 0 Å². The van der Waals surface area contributed by atoms with E-state index in [2.05, 4.69) is 4.98 Å². The van der Waals surface area contributed by atoms with E-state index in [1.54, 1.807) is 19.4 Å². The van der Waals surface area contributed by atoms with Gasteiger partial charge in [0.15, 0.2) is 0 Å². The molecule has 0 bridgehead atoms. The van der Waals surface area contributed by atoms with Crippen LogP contribution in [0.15, 0.2) is 12.5 Å². The van der Waals surface area contributed by atoms with Gasteiger partial charge in [0.2, 0.25) is 0 Å². The van der Waals surface area contributed by atoms with Crippen molar-refractivity contribution in [2.24, 2.45) is 12.8 Å². The van der Waals surface area contributed by atoms with E-state index in [1.165, 1.54) is 0 Å². The smallest absolute Gasteiger partial charge is 0.0945 e. The Labute approximate surface area is 78.4 Å². The summed E-state index contributed by atoms with van der Waals surface area (Å²) in [5.74, 6) is 0.201. The molecule has 3 N–H and O–H groups in total. The van der Waals surface area contributed by atoms with Gasteiger partial charge >= 0.3 is 0 Å². The minimum absolute atomic E-state index is 0.201. The van der Waals surface area contributed by atoms with Crippen LogP contribution in [0.3, 0.4) is 0 Å². The summed E-state index contributed by atoms with van der Waals surface area (Å²) in [6.45, 7) is 2.32. The molecule has 0 aliphatic carbocycles. The lowest BCUT2D eigenvalue weighted by Gasteiger charge is -2.16. The number of rotatable bonds is 4. The van der Waals surface area contributed by atoms with Crippen molar-refractivity contribution in [3.05, 3.63) is 18.2 Å². The zero-order valence-electron chi connectivity index (χ0n) is 8.14. The molecule has 1 aromatic heterocycles. The highest BCUT2D eigenvalue weighted by atomic mass is 16.3. The third kappa shape index (κ3) is 2.54. The Hall–Kier alpha value is -0.870. The summed E-state index contributed by atoms with van der Waals surface area (Å²) >= 11 is 0. The zero-order valence-corrected chi connectivity index (χ0v) is 8.14. The molecular formula is C9H17N3O. The number of hydrogen-bond donors (Lipinski definition) is 2. The number of hydrogen-bond acceptors (Lipinski definition) is 3. The first-order valence-corrected chi connectivity index (χ1v) is 4.49.